The van der Waals surface area contributed by atoms with E-state index in [2.05, 4.69) is 0 Å². The highest BCUT2D eigenvalue weighted by molar-refractivity contribution is 5.86. The number of aromatic nitrogens is 1. The summed E-state index contributed by atoms with van der Waals surface area (Å²) in [5.74, 6) is -0.406. The summed E-state index contributed by atoms with van der Waals surface area (Å²) in [6.45, 7) is 0. The third-order valence-electron chi connectivity index (χ3n) is 2.34. The number of benzene rings is 1. The smallest absolute Gasteiger partial charge is 0.261 e. The Morgan fingerprint density at radius 1 is 1.33 bits per heavy atom. The van der Waals surface area contributed by atoms with Gasteiger partial charge in [-0.05, 0) is 29.7 Å². The van der Waals surface area contributed by atoms with Gasteiger partial charge in [0.1, 0.15) is 5.82 Å². The monoisotopic (exact) mass is 205 g/mol. The highest BCUT2D eigenvalue weighted by atomic mass is 19.1. The Balaban J connectivity index is 2.97. The summed E-state index contributed by atoms with van der Waals surface area (Å²) < 4.78 is 14.2. The first kappa shape index (κ1) is 9.58. The van der Waals surface area contributed by atoms with Gasteiger partial charge in [0.05, 0.1) is 11.1 Å². The van der Waals surface area contributed by atoms with Gasteiger partial charge in [-0.1, -0.05) is 0 Å². The molecule has 1 aromatic heterocycles. The number of halogens is 1. The van der Waals surface area contributed by atoms with Crippen molar-refractivity contribution in [3.63, 3.8) is 0 Å². The Kier molecular flexibility index (Phi) is 2.11. The van der Waals surface area contributed by atoms with Crippen molar-refractivity contribution in [3.8, 4) is 0 Å². The summed E-state index contributed by atoms with van der Waals surface area (Å²) in [7, 11) is 1.51. The molecule has 1 aromatic carbocycles. The van der Waals surface area contributed by atoms with Crippen molar-refractivity contribution in [2.75, 3.05) is 0 Å². The molecule has 1 heterocycles. The van der Waals surface area contributed by atoms with Gasteiger partial charge in [0, 0.05) is 7.05 Å². The molecule has 0 amide bonds. The maximum absolute atomic E-state index is 12.9. The highest BCUT2D eigenvalue weighted by Crippen LogP contribution is 2.13. The molecule has 2 rings (SSSR count). The molecule has 3 nitrogen and oxygen atoms in total. The van der Waals surface area contributed by atoms with Crippen LogP contribution >= 0.6 is 0 Å². The standard InChI is InChI=1S/C11H8FNO2/c1-13-10-5-9(12)3-2-7(10)4-8(6-14)11(13)15/h2-6H,1H3. The van der Waals surface area contributed by atoms with E-state index in [-0.39, 0.29) is 5.56 Å². The van der Waals surface area contributed by atoms with Gasteiger partial charge in [-0.3, -0.25) is 9.59 Å². The van der Waals surface area contributed by atoms with Gasteiger partial charge < -0.3 is 4.57 Å². The summed E-state index contributed by atoms with van der Waals surface area (Å²) >= 11 is 0. The Morgan fingerprint density at radius 3 is 2.73 bits per heavy atom. The van der Waals surface area contributed by atoms with Gasteiger partial charge in [-0.15, -0.1) is 0 Å². The number of hydrogen-bond acceptors (Lipinski definition) is 2. The van der Waals surface area contributed by atoms with Crippen molar-refractivity contribution in [1.29, 1.82) is 0 Å². The van der Waals surface area contributed by atoms with E-state index in [4.69, 9.17) is 0 Å². The molecule has 15 heavy (non-hydrogen) atoms. The lowest BCUT2D eigenvalue weighted by Crippen LogP contribution is -2.20. The van der Waals surface area contributed by atoms with Crippen LogP contribution < -0.4 is 5.56 Å². The quantitative estimate of drug-likeness (QED) is 0.661. The maximum atomic E-state index is 12.9. The van der Waals surface area contributed by atoms with Gasteiger partial charge in [0.2, 0.25) is 0 Å². The van der Waals surface area contributed by atoms with Gasteiger partial charge in [-0.25, -0.2) is 4.39 Å². The lowest BCUT2D eigenvalue weighted by molar-refractivity contribution is 0.112. The molecule has 0 aliphatic heterocycles. The molecule has 2 aromatic rings. The van der Waals surface area contributed by atoms with Crippen LogP contribution in [0.15, 0.2) is 29.1 Å². The summed E-state index contributed by atoms with van der Waals surface area (Å²) in [5.41, 5.74) is 0.144. The second-order valence-corrected chi connectivity index (χ2v) is 3.28. The van der Waals surface area contributed by atoms with Crippen LogP contribution in [0.25, 0.3) is 10.9 Å². The zero-order valence-electron chi connectivity index (χ0n) is 8.03. The SMILES string of the molecule is Cn1c(=O)c(C=O)cc2ccc(F)cc21. The van der Waals surface area contributed by atoms with E-state index in [1.807, 2.05) is 0 Å². The molecular formula is C11H8FNO2. The Bertz CT molecular complexity index is 601. The molecule has 0 aliphatic carbocycles. The summed E-state index contributed by atoms with van der Waals surface area (Å²) in [6, 6.07) is 5.56. The lowest BCUT2D eigenvalue weighted by Gasteiger charge is -2.05. The van der Waals surface area contributed by atoms with Crippen molar-refractivity contribution in [1.82, 2.24) is 4.57 Å². The zero-order valence-corrected chi connectivity index (χ0v) is 8.03. The predicted molar refractivity (Wildman–Crippen MR) is 54.5 cm³/mol. The minimum Gasteiger partial charge on any atom is -0.311 e. The topological polar surface area (TPSA) is 39.1 Å². The van der Waals surface area contributed by atoms with Crippen LogP contribution in [-0.2, 0) is 7.05 Å². The van der Waals surface area contributed by atoms with Crippen LogP contribution in [-0.4, -0.2) is 10.9 Å². The summed E-state index contributed by atoms with van der Waals surface area (Å²) in [4.78, 5) is 22.1. The van der Waals surface area contributed by atoms with Crippen molar-refractivity contribution in [2.24, 2.45) is 7.05 Å². The maximum Gasteiger partial charge on any atom is 0.261 e. The fraction of sp³-hybridized carbons (Fsp3) is 0.0909. The number of hydrogen-bond donors (Lipinski definition) is 0. The van der Waals surface area contributed by atoms with E-state index in [1.54, 1.807) is 0 Å². The predicted octanol–water partition coefficient (Wildman–Crippen LogP) is 1.49. The van der Waals surface area contributed by atoms with Crippen molar-refractivity contribution >= 4 is 17.2 Å². The molecule has 0 saturated carbocycles. The number of aryl methyl sites for hydroxylation is 1. The Labute approximate surface area is 84.8 Å². The third kappa shape index (κ3) is 1.44. The first-order valence-electron chi connectivity index (χ1n) is 4.38. The summed E-state index contributed by atoms with van der Waals surface area (Å²) in [5, 5.41) is 0.667. The van der Waals surface area contributed by atoms with Crippen LogP contribution in [0.1, 0.15) is 10.4 Å². The highest BCUT2D eigenvalue weighted by Gasteiger charge is 2.06. The van der Waals surface area contributed by atoms with Gasteiger partial charge in [0.15, 0.2) is 6.29 Å². The van der Waals surface area contributed by atoms with E-state index in [9.17, 15) is 14.0 Å². The van der Waals surface area contributed by atoms with Gasteiger partial charge in [-0.2, -0.15) is 0 Å². The molecule has 0 N–H and O–H groups in total. The molecule has 0 spiro atoms. The van der Waals surface area contributed by atoms with Crippen LogP contribution in [0.5, 0.6) is 0 Å². The third-order valence-corrected chi connectivity index (χ3v) is 2.34. The molecule has 0 bridgehead atoms. The Hall–Kier alpha value is -1.97. The number of rotatable bonds is 1. The van der Waals surface area contributed by atoms with E-state index in [0.29, 0.717) is 17.2 Å². The average Bonchev–Trinajstić information content (AvgIpc) is 2.24. The van der Waals surface area contributed by atoms with E-state index >= 15 is 0 Å². The minimum absolute atomic E-state index is 0.0802. The molecule has 0 aliphatic rings. The first-order valence-corrected chi connectivity index (χ1v) is 4.38. The van der Waals surface area contributed by atoms with Crippen LogP contribution in [0, 0.1) is 5.82 Å². The fourth-order valence-electron chi connectivity index (χ4n) is 1.55. The number of carbonyl (C=O) groups excluding carboxylic acids is 1. The molecule has 0 fully saturated rings. The van der Waals surface area contributed by atoms with Crippen LogP contribution in [0.4, 0.5) is 4.39 Å². The van der Waals surface area contributed by atoms with Crippen molar-refractivity contribution in [2.45, 2.75) is 0 Å². The lowest BCUT2D eigenvalue weighted by atomic mass is 10.1. The molecule has 76 valence electrons. The average molecular weight is 205 g/mol. The number of pyridine rings is 1. The second-order valence-electron chi connectivity index (χ2n) is 3.28. The second kappa shape index (κ2) is 3.31. The number of nitrogens with zero attached hydrogens (tertiary/aromatic N) is 1. The van der Waals surface area contributed by atoms with Crippen molar-refractivity contribution < 1.29 is 9.18 Å². The largest absolute Gasteiger partial charge is 0.311 e. The Morgan fingerprint density at radius 2 is 2.07 bits per heavy atom. The summed E-state index contributed by atoms with van der Waals surface area (Å²) in [6.07, 6.45) is 0.505. The van der Waals surface area contributed by atoms with Gasteiger partial charge >= 0.3 is 0 Å². The molecule has 0 radical (unpaired) electrons. The van der Waals surface area contributed by atoms with Gasteiger partial charge in [0.25, 0.3) is 5.56 Å². The van der Waals surface area contributed by atoms with E-state index < -0.39 is 11.4 Å². The van der Waals surface area contributed by atoms with E-state index in [1.165, 1.54) is 35.9 Å². The normalized spacial score (nSPS) is 10.5. The molecule has 0 saturated heterocycles. The minimum atomic E-state index is -0.414. The molecular weight excluding hydrogens is 197 g/mol. The first-order chi connectivity index (χ1) is 7.13. The molecule has 0 unspecified atom stereocenters. The van der Waals surface area contributed by atoms with Crippen LogP contribution in [0.3, 0.4) is 0 Å². The number of carbonyl (C=O) groups is 1. The van der Waals surface area contributed by atoms with Crippen LogP contribution in [0.2, 0.25) is 0 Å². The van der Waals surface area contributed by atoms with Crippen molar-refractivity contribution in [3.05, 3.63) is 46.0 Å². The molecule has 0 atom stereocenters. The fourth-order valence-corrected chi connectivity index (χ4v) is 1.55. The van der Waals surface area contributed by atoms with E-state index in [0.717, 1.165) is 0 Å². The number of fused-ring (bicyclic) bond motifs is 1. The number of aldehydes is 1. The zero-order chi connectivity index (χ0) is 11.0. The molecule has 4 heteroatoms.